The molecule has 2 aromatic rings. The van der Waals surface area contributed by atoms with Crippen molar-refractivity contribution >= 4 is 11.3 Å². The lowest BCUT2D eigenvalue weighted by molar-refractivity contribution is 0.0951. The minimum atomic E-state index is 0.521. The second-order valence-electron chi connectivity index (χ2n) is 6.80. The van der Waals surface area contributed by atoms with Crippen LogP contribution in [0, 0.1) is 5.92 Å². The van der Waals surface area contributed by atoms with Crippen LogP contribution in [0.1, 0.15) is 38.2 Å². The lowest BCUT2D eigenvalue weighted by Gasteiger charge is -2.37. The van der Waals surface area contributed by atoms with Crippen molar-refractivity contribution in [1.82, 2.24) is 24.6 Å². The average molecular weight is 334 g/mol. The van der Waals surface area contributed by atoms with Gasteiger partial charge in [-0.15, -0.1) is 0 Å². The molecule has 0 spiro atoms. The van der Waals surface area contributed by atoms with Crippen LogP contribution in [-0.4, -0.2) is 50.7 Å². The minimum Gasteiger partial charge on any atom is -0.294 e. The van der Waals surface area contributed by atoms with Gasteiger partial charge in [0.25, 0.3) is 0 Å². The Bertz CT molecular complexity index is 584. The third-order valence-electron chi connectivity index (χ3n) is 4.58. The van der Waals surface area contributed by atoms with Crippen molar-refractivity contribution in [2.24, 2.45) is 5.92 Å². The molecular weight excluding hydrogens is 306 g/mol. The van der Waals surface area contributed by atoms with E-state index in [0.29, 0.717) is 12.0 Å². The molecule has 0 radical (unpaired) electrons. The molecule has 0 saturated carbocycles. The molecule has 3 rings (SSSR count). The van der Waals surface area contributed by atoms with Gasteiger partial charge in [0.1, 0.15) is 12.2 Å². The van der Waals surface area contributed by atoms with Crippen LogP contribution in [0.25, 0.3) is 0 Å². The van der Waals surface area contributed by atoms with E-state index in [9.17, 15) is 0 Å². The fourth-order valence-corrected chi connectivity index (χ4v) is 3.89. The second-order valence-corrected chi connectivity index (χ2v) is 7.58. The van der Waals surface area contributed by atoms with E-state index in [1.54, 1.807) is 17.7 Å². The van der Waals surface area contributed by atoms with Crippen LogP contribution in [0.4, 0.5) is 0 Å². The van der Waals surface area contributed by atoms with Crippen LogP contribution in [0.5, 0.6) is 0 Å². The molecule has 1 aliphatic rings. The van der Waals surface area contributed by atoms with Crippen LogP contribution in [0.3, 0.4) is 0 Å². The smallest absolute Gasteiger partial charge is 0.141 e. The molecular formula is C17H27N5S. The zero-order valence-electron chi connectivity index (χ0n) is 14.4. The Hall–Kier alpha value is -1.24. The maximum Gasteiger partial charge on any atom is 0.141 e. The topological polar surface area (TPSA) is 37.2 Å². The quantitative estimate of drug-likeness (QED) is 0.814. The highest BCUT2D eigenvalue weighted by Gasteiger charge is 2.23. The summed E-state index contributed by atoms with van der Waals surface area (Å²) in [7, 11) is 0. The zero-order chi connectivity index (χ0) is 16.2. The van der Waals surface area contributed by atoms with Gasteiger partial charge in [0.15, 0.2) is 0 Å². The largest absolute Gasteiger partial charge is 0.294 e. The first kappa shape index (κ1) is 16.6. The maximum atomic E-state index is 4.46. The Labute approximate surface area is 142 Å². The van der Waals surface area contributed by atoms with Crippen molar-refractivity contribution in [3.63, 3.8) is 0 Å². The number of hydrogen-bond donors (Lipinski definition) is 0. The van der Waals surface area contributed by atoms with Gasteiger partial charge in [-0.2, -0.15) is 16.4 Å². The normalized spacial score (nSPS) is 18.6. The lowest BCUT2D eigenvalue weighted by atomic mass is 10.1. The van der Waals surface area contributed by atoms with E-state index >= 15 is 0 Å². The Balaban J connectivity index is 1.52. The van der Waals surface area contributed by atoms with Gasteiger partial charge in [-0.25, -0.2) is 9.67 Å². The number of nitrogens with zero attached hydrogens (tertiary/aromatic N) is 5. The Morgan fingerprint density at radius 2 is 1.96 bits per heavy atom. The van der Waals surface area contributed by atoms with E-state index in [1.165, 1.54) is 5.56 Å². The van der Waals surface area contributed by atoms with Crippen molar-refractivity contribution in [3.8, 4) is 0 Å². The monoisotopic (exact) mass is 333 g/mol. The molecule has 0 bridgehead atoms. The van der Waals surface area contributed by atoms with Crippen LogP contribution in [0.15, 0.2) is 23.2 Å². The molecule has 6 heteroatoms. The molecule has 3 heterocycles. The molecule has 2 aromatic heterocycles. The third kappa shape index (κ3) is 4.19. The van der Waals surface area contributed by atoms with Gasteiger partial charge in [-0.1, -0.05) is 13.8 Å². The van der Waals surface area contributed by atoms with Crippen molar-refractivity contribution < 1.29 is 0 Å². The number of rotatable bonds is 6. The highest BCUT2D eigenvalue weighted by Crippen LogP contribution is 2.23. The van der Waals surface area contributed by atoms with E-state index in [2.05, 4.69) is 62.2 Å². The summed E-state index contributed by atoms with van der Waals surface area (Å²) >= 11 is 1.79. The molecule has 5 nitrogen and oxygen atoms in total. The van der Waals surface area contributed by atoms with E-state index in [-0.39, 0.29) is 0 Å². The van der Waals surface area contributed by atoms with Gasteiger partial charge in [0.2, 0.25) is 0 Å². The summed E-state index contributed by atoms with van der Waals surface area (Å²) in [5.41, 5.74) is 1.44. The van der Waals surface area contributed by atoms with Crippen LogP contribution >= 0.6 is 11.3 Å². The molecule has 126 valence electrons. The summed E-state index contributed by atoms with van der Waals surface area (Å²) in [5, 5.41) is 8.81. The van der Waals surface area contributed by atoms with Crippen LogP contribution in [-0.2, 0) is 13.1 Å². The summed E-state index contributed by atoms with van der Waals surface area (Å²) in [4.78, 5) is 9.53. The summed E-state index contributed by atoms with van der Waals surface area (Å²) in [6, 6.07) is 2.77. The number of aromatic nitrogens is 3. The second kappa shape index (κ2) is 7.55. The minimum absolute atomic E-state index is 0.521. The van der Waals surface area contributed by atoms with E-state index in [4.69, 9.17) is 0 Å². The van der Waals surface area contributed by atoms with Gasteiger partial charge < -0.3 is 0 Å². The first-order chi connectivity index (χ1) is 11.1. The average Bonchev–Trinajstić information content (AvgIpc) is 3.19. The summed E-state index contributed by atoms with van der Waals surface area (Å²) in [6.07, 6.45) is 1.69. The van der Waals surface area contributed by atoms with E-state index in [0.717, 1.165) is 45.1 Å². The molecule has 0 aromatic carbocycles. The van der Waals surface area contributed by atoms with Crippen LogP contribution < -0.4 is 0 Å². The Morgan fingerprint density at radius 3 is 2.61 bits per heavy atom. The summed E-state index contributed by atoms with van der Waals surface area (Å²) in [6.45, 7) is 13.1. The lowest BCUT2D eigenvalue weighted by Crippen LogP contribution is -2.46. The molecule has 0 N–H and O–H groups in total. The fraction of sp³-hybridized carbons (Fsp3) is 0.647. The molecule has 1 saturated heterocycles. The molecule has 0 amide bonds. The fourth-order valence-electron chi connectivity index (χ4n) is 3.14. The van der Waals surface area contributed by atoms with Crippen molar-refractivity contribution in [2.45, 2.75) is 39.9 Å². The van der Waals surface area contributed by atoms with Crippen molar-refractivity contribution in [3.05, 3.63) is 34.5 Å². The van der Waals surface area contributed by atoms with Gasteiger partial charge in [-0.3, -0.25) is 9.80 Å². The number of hydrogen-bond acceptors (Lipinski definition) is 5. The third-order valence-corrected chi connectivity index (χ3v) is 5.28. The van der Waals surface area contributed by atoms with Gasteiger partial charge in [0, 0.05) is 38.8 Å². The first-order valence-corrected chi connectivity index (χ1v) is 9.43. The van der Waals surface area contributed by atoms with Gasteiger partial charge in [0.05, 0.1) is 6.54 Å². The standard InChI is InChI=1S/C17H27N5S/c1-14(2)10-22-17(18-13-19-22)11-20-5-7-21(8-6-20)15(3)16-4-9-23-12-16/h4,9,12-15H,5-8,10-11H2,1-3H3/t15-/m0/s1. The predicted octanol–water partition coefficient (Wildman–Crippen LogP) is 2.87. The number of piperazine rings is 1. The Kier molecular flexibility index (Phi) is 5.46. The van der Waals surface area contributed by atoms with Crippen LogP contribution in [0.2, 0.25) is 0 Å². The predicted molar refractivity (Wildman–Crippen MR) is 94.4 cm³/mol. The highest BCUT2D eigenvalue weighted by molar-refractivity contribution is 7.07. The molecule has 1 aliphatic heterocycles. The highest BCUT2D eigenvalue weighted by atomic mass is 32.1. The molecule has 1 fully saturated rings. The Morgan fingerprint density at radius 1 is 1.17 bits per heavy atom. The molecule has 0 unspecified atom stereocenters. The molecule has 23 heavy (non-hydrogen) atoms. The maximum absolute atomic E-state index is 4.46. The summed E-state index contributed by atoms with van der Waals surface area (Å²) < 4.78 is 2.06. The number of thiophene rings is 1. The van der Waals surface area contributed by atoms with Crippen molar-refractivity contribution in [1.29, 1.82) is 0 Å². The van der Waals surface area contributed by atoms with Gasteiger partial charge >= 0.3 is 0 Å². The van der Waals surface area contributed by atoms with E-state index in [1.807, 2.05) is 0 Å². The summed E-state index contributed by atoms with van der Waals surface area (Å²) in [5.74, 6) is 1.69. The molecule has 1 atom stereocenters. The van der Waals surface area contributed by atoms with Crippen molar-refractivity contribution in [2.75, 3.05) is 26.2 Å². The van der Waals surface area contributed by atoms with Gasteiger partial charge in [-0.05, 0) is 35.2 Å². The molecule has 0 aliphatic carbocycles. The van der Waals surface area contributed by atoms with E-state index < -0.39 is 0 Å². The first-order valence-electron chi connectivity index (χ1n) is 8.48. The SMILES string of the molecule is CC(C)Cn1ncnc1CN1CCN([C@@H](C)c2ccsc2)CC1. The zero-order valence-corrected chi connectivity index (χ0v) is 15.2.